The van der Waals surface area contributed by atoms with Crippen molar-refractivity contribution in [3.05, 3.63) is 114 Å². The van der Waals surface area contributed by atoms with Gasteiger partial charge in [0.15, 0.2) is 0 Å². The second-order valence-corrected chi connectivity index (χ2v) is 9.68. The molecule has 6 aromatic rings. The molecule has 0 spiro atoms. The maximum Gasteiger partial charge on any atom is 0.345 e. The van der Waals surface area contributed by atoms with E-state index in [1.54, 1.807) is 42.9 Å². The number of phenols is 1. The van der Waals surface area contributed by atoms with Crippen LogP contribution in [0.5, 0.6) is 5.75 Å². The van der Waals surface area contributed by atoms with Gasteiger partial charge in [0.2, 0.25) is 0 Å². The van der Waals surface area contributed by atoms with Gasteiger partial charge in [-0.3, -0.25) is 4.79 Å². The highest BCUT2D eigenvalue weighted by Gasteiger charge is 2.18. The molecule has 9 heteroatoms. The zero-order valence-corrected chi connectivity index (χ0v) is 20.6. The van der Waals surface area contributed by atoms with E-state index in [1.165, 1.54) is 23.5 Å². The number of hydrogen-bond donors (Lipinski definition) is 3. The molecule has 186 valence electrons. The number of amides is 1. The fraction of sp³-hybridized carbons (Fsp3) is 0. The highest BCUT2D eigenvalue weighted by atomic mass is 32.1. The highest BCUT2D eigenvalue weighted by Crippen LogP contribution is 2.37. The second-order valence-electron chi connectivity index (χ2n) is 8.59. The maximum atomic E-state index is 12.6. The predicted octanol–water partition coefficient (Wildman–Crippen LogP) is 6.20. The quantitative estimate of drug-likeness (QED) is 0.242. The van der Waals surface area contributed by atoms with Gasteiger partial charge in [0.1, 0.15) is 10.6 Å². The third-order valence-corrected chi connectivity index (χ3v) is 7.24. The summed E-state index contributed by atoms with van der Waals surface area (Å²) in [6, 6.07) is 25.1. The predicted molar refractivity (Wildman–Crippen MR) is 147 cm³/mol. The molecular weight excluding hydrogens is 500 g/mol. The summed E-state index contributed by atoms with van der Waals surface area (Å²) in [5.41, 5.74) is 5.53. The zero-order chi connectivity index (χ0) is 26.2. The van der Waals surface area contributed by atoms with Gasteiger partial charge in [-0.25, -0.2) is 9.78 Å². The Morgan fingerprint density at radius 1 is 0.868 bits per heavy atom. The lowest BCUT2D eigenvalue weighted by molar-refractivity contribution is 0.0702. The number of thiophene rings is 1. The number of nitrogens with zero attached hydrogens (tertiary/aromatic N) is 3. The Kier molecular flexibility index (Phi) is 5.74. The summed E-state index contributed by atoms with van der Waals surface area (Å²) >= 11 is 1.23. The number of phenolic OH excluding ortho intramolecular Hbond substituents is 1. The summed E-state index contributed by atoms with van der Waals surface area (Å²) in [6.07, 6.45) is 5.34. The number of nitrogens with one attached hydrogen (secondary N) is 1. The highest BCUT2D eigenvalue weighted by molar-refractivity contribution is 7.20. The van der Waals surface area contributed by atoms with E-state index in [0.29, 0.717) is 11.3 Å². The van der Waals surface area contributed by atoms with E-state index in [2.05, 4.69) is 10.3 Å². The van der Waals surface area contributed by atoms with Crippen molar-refractivity contribution in [3.8, 4) is 28.4 Å². The lowest BCUT2D eigenvalue weighted by Gasteiger charge is -2.13. The van der Waals surface area contributed by atoms with Gasteiger partial charge in [-0.05, 0) is 78.4 Å². The van der Waals surface area contributed by atoms with E-state index in [9.17, 15) is 19.8 Å². The average molecular weight is 521 g/mol. The Hall–Kier alpha value is -5.15. The first-order valence-electron chi connectivity index (χ1n) is 11.6. The number of carboxylic acids is 1. The molecule has 3 aromatic carbocycles. The molecule has 0 fully saturated rings. The van der Waals surface area contributed by atoms with Crippen molar-refractivity contribution >= 4 is 39.1 Å². The molecule has 3 aromatic heterocycles. The van der Waals surface area contributed by atoms with E-state index in [-0.39, 0.29) is 16.5 Å². The number of carbonyl (C=O) groups is 2. The van der Waals surface area contributed by atoms with Crippen LogP contribution in [-0.2, 0) is 0 Å². The van der Waals surface area contributed by atoms with Gasteiger partial charge in [0.05, 0.1) is 22.2 Å². The summed E-state index contributed by atoms with van der Waals surface area (Å²) in [4.78, 5) is 28.6. The SMILES string of the molecule is O=C(Nc1ccc(-n2c(-c3ccc(-n4ccnc4)cc3)cc3sc(C(=O)O)cc32)cc1)c1ccc(O)cc1. The lowest BCUT2D eigenvalue weighted by Crippen LogP contribution is -2.11. The standard InChI is InChI=1S/C29H20N4O4S/c34-23-11-3-19(4-12-23)28(35)31-20-5-9-22(10-6-20)33-24(15-26-25(33)16-27(38-26)29(36)37)18-1-7-21(8-2-18)32-14-13-30-17-32/h1-17,34H,(H,31,35)(H,36,37). The van der Waals surface area contributed by atoms with Crippen LogP contribution in [0.15, 0.2) is 104 Å². The van der Waals surface area contributed by atoms with Crippen molar-refractivity contribution in [1.29, 1.82) is 0 Å². The van der Waals surface area contributed by atoms with Crippen LogP contribution in [0.1, 0.15) is 20.0 Å². The van der Waals surface area contributed by atoms with Gasteiger partial charge >= 0.3 is 5.97 Å². The molecule has 0 bridgehead atoms. The average Bonchev–Trinajstić information content (AvgIpc) is 3.67. The number of anilines is 1. The van der Waals surface area contributed by atoms with E-state index in [1.807, 2.05) is 57.8 Å². The molecule has 0 aliphatic carbocycles. The molecule has 0 radical (unpaired) electrons. The van der Waals surface area contributed by atoms with E-state index in [4.69, 9.17) is 0 Å². The number of aromatic carboxylic acids is 1. The molecule has 0 unspecified atom stereocenters. The minimum absolute atomic E-state index is 0.0931. The number of imidazole rings is 1. The maximum absolute atomic E-state index is 12.6. The molecule has 8 nitrogen and oxygen atoms in total. The number of benzene rings is 3. The number of aromatic hydroxyl groups is 1. The zero-order valence-electron chi connectivity index (χ0n) is 19.8. The minimum Gasteiger partial charge on any atom is -0.508 e. The Bertz CT molecular complexity index is 1770. The lowest BCUT2D eigenvalue weighted by atomic mass is 10.1. The molecule has 0 saturated heterocycles. The molecule has 3 heterocycles. The number of fused-ring (bicyclic) bond motifs is 1. The van der Waals surface area contributed by atoms with Crippen molar-refractivity contribution in [2.75, 3.05) is 5.32 Å². The van der Waals surface area contributed by atoms with Crippen LogP contribution in [0.2, 0.25) is 0 Å². The van der Waals surface area contributed by atoms with Crippen molar-refractivity contribution in [3.63, 3.8) is 0 Å². The van der Waals surface area contributed by atoms with Crippen LogP contribution >= 0.6 is 11.3 Å². The Morgan fingerprint density at radius 2 is 1.58 bits per heavy atom. The molecule has 1 amide bonds. The third kappa shape index (κ3) is 4.31. The minimum atomic E-state index is -0.962. The number of rotatable bonds is 6. The van der Waals surface area contributed by atoms with E-state index >= 15 is 0 Å². The molecule has 3 N–H and O–H groups in total. The fourth-order valence-electron chi connectivity index (χ4n) is 4.31. The smallest absolute Gasteiger partial charge is 0.345 e. The van der Waals surface area contributed by atoms with E-state index < -0.39 is 5.97 Å². The molecule has 0 aliphatic rings. The summed E-state index contributed by atoms with van der Waals surface area (Å²) < 4.78 is 4.81. The van der Waals surface area contributed by atoms with Gasteiger partial charge in [-0.1, -0.05) is 12.1 Å². The first-order chi connectivity index (χ1) is 18.5. The topological polar surface area (TPSA) is 109 Å². The number of carbonyl (C=O) groups excluding carboxylic acids is 1. The van der Waals surface area contributed by atoms with Crippen molar-refractivity contribution in [1.82, 2.24) is 14.1 Å². The van der Waals surface area contributed by atoms with Crippen LogP contribution in [0, 0.1) is 0 Å². The van der Waals surface area contributed by atoms with E-state index in [0.717, 1.165) is 32.8 Å². The van der Waals surface area contributed by atoms with Crippen LogP contribution < -0.4 is 5.32 Å². The normalized spacial score (nSPS) is 11.1. The molecule has 0 atom stereocenters. The Morgan fingerprint density at radius 3 is 2.24 bits per heavy atom. The van der Waals surface area contributed by atoms with Crippen molar-refractivity contribution in [2.45, 2.75) is 0 Å². The molecular formula is C29H20N4O4S. The summed E-state index contributed by atoms with van der Waals surface area (Å²) in [7, 11) is 0. The number of aromatic nitrogens is 3. The van der Waals surface area contributed by atoms with Gasteiger partial charge in [-0.15, -0.1) is 11.3 Å². The third-order valence-electron chi connectivity index (χ3n) is 6.18. The van der Waals surface area contributed by atoms with Crippen LogP contribution in [0.3, 0.4) is 0 Å². The summed E-state index contributed by atoms with van der Waals surface area (Å²) in [5, 5.41) is 21.8. The summed E-state index contributed by atoms with van der Waals surface area (Å²) in [6.45, 7) is 0. The van der Waals surface area contributed by atoms with Crippen LogP contribution in [-0.4, -0.2) is 36.2 Å². The summed E-state index contributed by atoms with van der Waals surface area (Å²) in [5.74, 6) is -1.16. The van der Waals surface area contributed by atoms with Gasteiger partial charge in [0.25, 0.3) is 5.91 Å². The largest absolute Gasteiger partial charge is 0.508 e. The van der Waals surface area contributed by atoms with Crippen LogP contribution in [0.4, 0.5) is 5.69 Å². The number of hydrogen-bond acceptors (Lipinski definition) is 5. The molecule has 0 saturated carbocycles. The monoisotopic (exact) mass is 520 g/mol. The van der Waals surface area contributed by atoms with Gasteiger partial charge in [-0.2, -0.15) is 0 Å². The number of carboxylic acid groups (broad SMARTS) is 1. The second kappa shape index (κ2) is 9.38. The Balaban J connectivity index is 1.36. The molecule has 0 aliphatic heterocycles. The molecule has 6 rings (SSSR count). The van der Waals surface area contributed by atoms with Gasteiger partial charge in [0, 0.05) is 35.0 Å². The Labute approximate surface area is 220 Å². The van der Waals surface area contributed by atoms with Crippen molar-refractivity contribution < 1.29 is 19.8 Å². The first kappa shape index (κ1) is 23.3. The van der Waals surface area contributed by atoms with Crippen molar-refractivity contribution in [2.24, 2.45) is 0 Å². The first-order valence-corrected chi connectivity index (χ1v) is 12.5. The fourth-order valence-corrected chi connectivity index (χ4v) is 5.23. The molecule has 38 heavy (non-hydrogen) atoms. The van der Waals surface area contributed by atoms with Gasteiger partial charge < -0.3 is 24.7 Å². The van der Waals surface area contributed by atoms with Crippen LogP contribution in [0.25, 0.3) is 32.8 Å².